The highest BCUT2D eigenvalue weighted by Gasteiger charge is 2.25. The van der Waals surface area contributed by atoms with Gasteiger partial charge in [-0.1, -0.05) is 34.9 Å². The Kier molecular flexibility index (Phi) is 7.45. The number of allylic oxidation sites excluding steroid dienone is 6. The van der Waals surface area contributed by atoms with Gasteiger partial charge in [0.15, 0.2) is 0 Å². The first-order valence-corrected chi connectivity index (χ1v) is 8.48. The van der Waals surface area contributed by atoms with Crippen LogP contribution in [0.4, 0.5) is 0 Å². The predicted molar refractivity (Wildman–Crippen MR) is 93.4 cm³/mol. The molecule has 0 aromatic rings. The van der Waals surface area contributed by atoms with E-state index in [2.05, 4.69) is 39.0 Å². The Hall–Kier alpha value is -0.820. The van der Waals surface area contributed by atoms with Gasteiger partial charge in [-0.05, 0) is 85.5 Å². The maximum absolute atomic E-state index is 10.4. The van der Waals surface area contributed by atoms with Gasteiger partial charge in [0.25, 0.3) is 0 Å². The smallest absolute Gasteiger partial charge is 0.0622 e. The fourth-order valence-corrected chi connectivity index (χ4v) is 2.90. The SMILES string of the molecule is C/C1=C/CC/C(C)=C/C[C@@H](C(C)(C)O)CC/C(C)=C\CC1. The molecule has 0 unspecified atom stereocenters. The van der Waals surface area contributed by atoms with Crippen molar-refractivity contribution in [3.8, 4) is 0 Å². The minimum atomic E-state index is -0.593. The van der Waals surface area contributed by atoms with Crippen LogP contribution in [0.2, 0.25) is 0 Å². The third-order valence-electron chi connectivity index (χ3n) is 4.70. The largest absolute Gasteiger partial charge is 0.390 e. The normalized spacial score (nSPS) is 31.1. The van der Waals surface area contributed by atoms with E-state index in [-0.39, 0.29) is 0 Å². The zero-order chi connectivity index (χ0) is 15.9. The zero-order valence-electron chi connectivity index (χ0n) is 14.7. The first-order valence-electron chi connectivity index (χ1n) is 8.48. The van der Waals surface area contributed by atoms with Gasteiger partial charge in [0, 0.05) is 0 Å². The molecule has 120 valence electrons. The molecule has 0 aromatic heterocycles. The maximum Gasteiger partial charge on any atom is 0.0622 e. The van der Waals surface area contributed by atoms with Gasteiger partial charge in [-0.15, -0.1) is 0 Å². The van der Waals surface area contributed by atoms with Gasteiger partial charge >= 0.3 is 0 Å². The summed E-state index contributed by atoms with van der Waals surface area (Å²) < 4.78 is 0. The second-order valence-electron chi connectivity index (χ2n) is 7.35. The van der Waals surface area contributed by atoms with Gasteiger partial charge in [0.1, 0.15) is 0 Å². The van der Waals surface area contributed by atoms with Crippen molar-refractivity contribution < 1.29 is 5.11 Å². The van der Waals surface area contributed by atoms with Crippen LogP contribution < -0.4 is 0 Å². The molecule has 0 saturated heterocycles. The van der Waals surface area contributed by atoms with E-state index in [1.807, 2.05) is 13.8 Å². The molecule has 0 bridgehead atoms. The average molecular weight is 290 g/mol. The van der Waals surface area contributed by atoms with E-state index in [0.717, 1.165) is 38.5 Å². The lowest BCUT2D eigenvalue weighted by molar-refractivity contribution is 0.0145. The summed E-state index contributed by atoms with van der Waals surface area (Å²) in [4.78, 5) is 0. The molecule has 0 spiro atoms. The molecular formula is C20H34O. The summed E-state index contributed by atoms with van der Waals surface area (Å²) in [5.41, 5.74) is 3.84. The standard InChI is InChI=1S/C20H34O/c1-16-8-6-10-17(2)12-14-19(20(4,5)21)15-13-18(3)11-7-9-16/h8,11-12,19,21H,6-7,9-10,13-15H2,1-5H3/b16-8-,17-12+,18-11-/t19-/m1/s1. The summed E-state index contributed by atoms with van der Waals surface area (Å²) in [7, 11) is 0. The highest BCUT2D eigenvalue weighted by Crippen LogP contribution is 2.28. The Morgan fingerprint density at radius 1 is 0.857 bits per heavy atom. The van der Waals surface area contributed by atoms with Crippen molar-refractivity contribution in [2.75, 3.05) is 0 Å². The second kappa shape index (κ2) is 8.58. The molecule has 21 heavy (non-hydrogen) atoms. The first kappa shape index (κ1) is 18.2. The van der Waals surface area contributed by atoms with Crippen molar-refractivity contribution in [1.82, 2.24) is 0 Å². The molecule has 1 N–H and O–H groups in total. The van der Waals surface area contributed by atoms with E-state index in [1.165, 1.54) is 23.1 Å². The van der Waals surface area contributed by atoms with Gasteiger partial charge < -0.3 is 5.11 Å². The van der Waals surface area contributed by atoms with Crippen LogP contribution in [0.3, 0.4) is 0 Å². The molecular weight excluding hydrogens is 256 g/mol. The van der Waals surface area contributed by atoms with Crippen molar-refractivity contribution in [3.05, 3.63) is 34.9 Å². The van der Waals surface area contributed by atoms with Crippen LogP contribution >= 0.6 is 0 Å². The van der Waals surface area contributed by atoms with E-state index in [4.69, 9.17) is 0 Å². The molecule has 1 aliphatic carbocycles. The molecule has 0 aromatic carbocycles. The van der Waals surface area contributed by atoms with E-state index >= 15 is 0 Å². The Morgan fingerprint density at radius 2 is 1.33 bits per heavy atom. The molecule has 1 nitrogen and oxygen atoms in total. The van der Waals surface area contributed by atoms with Crippen LogP contribution in [0.15, 0.2) is 34.9 Å². The van der Waals surface area contributed by atoms with Crippen molar-refractivity contribution in [2.24, 2.45) is 5.92 Å². The summed E-state index contributed by atoms with van der Waals surface area (Å²) in [6, 6.07) is 0. The number of aliphatic hydroxyl groups is 1. The Labute approximate surface area is 131 Å². The van der Waals surface area contributed by atoms with Crippen LogP contribution in [-0.2, 0) is 0 Å². The van der Waals surface area contributed by atoms with Crippen molar-refractivity contribution in [2.45, 2.75) is 85.2 Å². The van der Waals surface area contributed by atoms with Crippen molar-refractivity contribution in [1.29, 1.82) is 0 Å². The Balaban J connectivity index is 2.83. The van der Waals surface area contributed by atoms with E-state index < -0.39 is 5.60 Å². The lowest BCUT2D eigenvalue weighted by Gasteiger charge is -2.29. The zero-order valence-corrected chi connectivity index (χ0v) is 14.7. The van der Waals surface area contributed by atoms with Crippen LogP contribution in [0.1, 0.15) is 79.6 Å². The molecule has 0 radical (unpaired) electrons. The lowest BCUT2D eigenvalue weighted by Crippen LogP contribution is -2.30. The summed E-state index contributed by atoms with van der Waals surface area (Å²) in [5, 5.41) is 10.4. The summed E-state index contributed by atoms with van der Waals surface area (Å²) in [6.07, 6.45) is 14.9. The molecule has 1 aliphatic rings. The van der Waals surface area contributed by atoms with Crippen LogP contribution in [-0.4, -0.2) is 10.7 Å². The van der Waals surface area contributed by atoms with E-state index in [1.54, 1.807) is 0 Å². The number of hydrogen-bond donors (Lipinski definition) is 1. The van der Waals surface area contributed by atoms with E-state index in [0.29, 0.717) is 5.92 Å². The first-order chi connectivity index (χ1) is 9.79. The molecule has 0 amide bonds. The predicted octanol–water partition coefficient (Wildman–Crippen LogP) is 5.96. The summed E-state index contributed by atoms with van der Waals surface area (Å²) in [6.45, 7) is 10.6. The molecule has 0 saturated carbocycles. The average Bonchev–Trinajstić information content (AvgIpc) is 2.36. The highest BCUT2D eigenvalue weighted by atomic mass is 16.3. The van der Waals surface area contributed by atoms with Crippen LogP contribution in [0.25, 0.3) is 0 Å². The van der Waals surface area contributed by atoms with Crippen LogP contribution in [0, 0.1) is 5.92 Å². The third-order valence-corrected chi connectivity index (χ3v) is 4.70. The van der Waals surface area contributed by atoms with Gasteiger partial charge in [-0.2, -0.15) is 0 Å². The molecule has 0 heterocycles. The van der Waals surface area contributed by atoms with Crippen molar-refractivity contribution >= 4 is 0 Å². The topological polar surface area (TPSA) is 20.2 Å². The molecule has 0 aliphatic heterocycles. The minimum Gasteiger partial charge on any atom is -0.390 e. The van der Waals surface area contributed by atoms with Crippen LogP contribution in [0.5, 0.6) is 0 Å². The van der Waals surface area contributed by atoms with E-state index in [9.17, 15) is 5.11 Å². The monoisotopic (exact) mass is 290 g/mol. The number of rotatable bonds is 1. The minimum absolute atomic E-state index is 0.344. The fourth-order valence-electron chi connectivity index (χ4n) is 2.90. The Morgan fingerprint density at radius 3 is 1.86 bits per heavy atom. The molecule has 1 heteroatoms. The van der Waals surface area contributed by atoms with Gasteiger partial charge in [0.05, 0.1) is 5.60 Å². The highest BCUT2D eigenvalue weighted by molar-refractivity contribution is 5.07. The quantitative estimate of drug-likeness (QED) is 0.591. The van der Waals surface area contributed by atoms with Gasteiger partial charge in [-0.25, -0.2) is 0 Å². The second-order valence-corrected chi connectivity index (χ2v) is 7.35. The van der Waals surface area contributed by atoms with Gasteiger partial charge in [-0.3, -0.25) is 0 Å². The summed E-state index contributed by atoms with van der Waals surface area (Å²) >= 11 is 0. The molecule has 0 fully saturated rings. The lowest BCUT2D eigenvalue weighted by atomic mass is 9.83. The third kappa shape index (κ3) is 7.66. The number of hydrogen-bond acceptors (Lipinski definition) is 1. The molecule has 1 rings (SSSR count). The maximum atomic E-state index is 10.4. The molecule has 1 atom stereocenters. The van der Waals surface area contributed by atoms with Gasteiger partial charge in [0.2, 0.25) is 0 Å². The van der Waals surface area contributed by atoms with Crippen molar-refractivity contribution in [3.63, 3.8) is 0 Å². The Bertz CT molecular complexity index is 404. The fraction of sp³-hybridized carbons (Fsp3) is 0.700. The summed E-state index contributed by atoms with van der Waals surface area (Å²) in [5.74, 6) is 0.344.